The molecule has 1 aliphatic heterocycles. The van der Waals surface area contributed by atoms with Crippen LogP contribution in [0.3, 0.4) is 0 Å². The zero-order valence-corrected chi connectivity index (χ0v) is 16.9. The molecule has 0 saturated carbocycles. The lowest BCUT2D eigenvalue weighted by Gasteiger charge is -2.35. The van der Waals surface area contributed by atoms with E-state index in [0.29, 0.717) is 31.3 Å². The number of thiocarbonyl (C=S) groups is 1. The van der Waals surface area contributed by atoms with Crippen LogP contribution < -0.4 is 5.32 Å². The predicted octanol–water partition coefficient (Wildman–Crippen LogP) is 3.29. The van der Waals surface area contributed by atoms with Gasteiger partial charge in [-0.05, 0) is 60.7 Å². The molecule has 1 N–H and O–H groups in total. The van der Waals surface area contributed by atoms with E-state index in [-0.39, 0.29) is 4.90 Å². The quantitative estimate of drug-likeness (QED) is 0.716. The van der Waals surface area contributed by atoms with Crippen LogP contribution >= 0.6 is 28.1 Å². The van der Waals surface area contributed by atoms with E-state index in [1.807, 2.05) is 29.2 Å². The van der Waals surface area contributed by atoms with Gasteiger partial charge < -0.3 is 10.2 Å². The number of hydrogen-bond donors (Lipinski definition) is 1. The summed E-state index contributed by atoms with van der Waals surface area (Å²) < 4.78 is 40.7. The van der Waals surface area contributed by atoms with E-state index in [4.69, 9.17) is 12.2 Å². The van der Waals surface area contributed by atoms with Gasteiger partial charge in [-0.3, -0.25) is 0 Å². The third kappa shape index (κ3) is 4.40. The van der Waals surface area contributed by atoms with Crippen LogP contribution in [-0.4, -0.2) is 48.9 Å². The maximum Gasteiger partial charge on any atom is 0.243 e. The van der Waals surface area contributed by atoms with E-state index in [9.17, 15) is 12.8 Å². The summed E-state index contributed by atoms with van der Waals surface area (Å²) in [5.41, 5.74) is 0.875. The lowest BCUT2D eigenvalue weighted by molar-refractivity contribution is 0.268. The van der Waals surface area contributed by atoms with E-state index >= 15 is 0 Å². The van der Waals surface area contributed by atoms with Gasteiger partial charge in [0.1, 0.15) is 5.82 Å². The largest absolute Gasteiger partial charge is 0.346 e. The van der Waals surface area contributed by atoms with Crippen LogP contribution in [0.25, 0.3) is 0 Å². The van der Waals surface area contributed by atoms with Crippen molar-refractivity contribution in [1.29, 1.82) is 0 Å². The van der Waals surface area contributed by atoms with Gasteiger partial charge >= 0.3 is 0 Å². The van der Waals surface area contributed by atoms with Crippen LogP contribution in [0, 0.1) is 5.82 Å². The number of nitrogens with one attached hydrogen (secondary N) is 1. The zero-order valence-electron chi connectivity index (χ0n) is 13.7. The van der Waals surface area contributed by atoms with Gasteiger partial charge in [0.2, 0.25) is 10.0 Å². The molecule has 1 aliphatic rings. The van der Waals surface area contributed by atoms with Crippen LogP contribution in [0.5, 0.6) is 0 Å². The van der Waals surface area contributed by atoms with E-state index in [1.54, 1.807) is 0 Å². The molecule has 138 valence electrons. The summed E-state index contributed by atoms with van der Waals surface area (Å²) in [7, 11) is -3.62. The Kier molecular flexibility index (Phi) is 5.91. The van der Waals surface area contributed by atoms with Crippen molar-refractivity contribution in [1.82, 2.24) is 9.21 Å². The van der Waals surface area contributed by atoms with Crippen molar-refractivity contribution < 1.29 is 12.8 Å². The lowest BCUT2D eigenvalue weighted by atomic mass is 10.3. The molecule has 5 nitrogen and oxygen atoms in total. The Labute approximate surface area is 166 Å². The molecule has 1 fully saturated rings. The normalized spacial score (nSPS) is 15.7. The fourth-order valence-electron chi connectivity index (χ4n) is 2.62. The second kappa shape index (κ2) is 7.99. The molecule has 1 heterocycles. The number of nitrogens with zero attached hydrogens (tertiary/aromatic N) is 2. The van der Waals surface area contributed by atoms with Crippen molar-refractivity contribution in [2.75, 3.05) is 31.5 Å². The number of piperazine rings is 1. The number of halogens is 2. The zero-order chi connectivity index (χ0) is 18.7. The molecule has 1 saturated heterocycles. The second-order valence-electron chi connectivity index (χ2n) is 5.78. The highest BCUT2D eigenvalue weighted by Gasteiger charge is 2.29. The molecule has 9 heteroatoms. The minimum Gasteiger partial charge on any atom is -0.346 e. The Morgan fingerprint density at radius 2 is 1.58 bits per heavy atom. The standard InChI is InChI=1S/C17H17BrFN3O2S2/c18-13-1-5-15(6-2-13)20-17(25)21-9-11-22(12-10-21)26(23,24)16-7-3-14(19)4-8-16/h1-8H,9-12H2,(H,20,25). The Morgan fingerprint density at radius 3 is 2.15 bits per heavy atom. The van der Waals surface area contributed by atoms with Crippen molar-refractivity contribution in [3.63, 3.8) is 0 Å². The summed E-state index contributed by atoms with van der Waals surface area (Å²) in [6, 6.07) is 12.5. The molecule has 0 radical (unpaired) electrons. The van der Waals surface area contributed by atoms with Crippen LogP contribution in [0.1, 0.15) is 0 Å². The summed E-state index contributed by atoms with van der Waals surface area (Å²) in [5.74, 6) is -0.460. The Hall–Kier alpha value is -1.55. The van der Waals surface area contributed by atoms with Crippen molar-refractivity contribution in [3.8, 4) is 0 Å². The van der Waals surface area contributed by atoms with Gasteiger partial charge in [-0.2, -0.15) is 4.31 Å². The smallest absolute Gasteiger partial charge is 0.243 e. The summed E-state index contributed by atoms with van der Waals surface area (Å²) in [6.07, 6.45) is 0. The van der Waals surface area contributed by atoms with E-state index in [2.05, 4.69) is 21.2 Å². The fraction of sp³-hybridized carbons (Fsp3) is 0.235. The summed E-state index contributed by atoms with van der Waals surface area (Å²) in [6.45, 7) is 1.62. The maximum absolute atomic E-state index is 13.0. The van der Waals surface area contributed by atoms with E-state index in [0.717, 1.165) is 22.3 Å². The van der Waals surface area contributed by atoms with Crippen molar-refractivity contribution >= 4 is 49.0 Å². The van der Waals surface area contributed by atoms with E-state index in [1.165, 1.54) is 16.4 Å². The number of rotatable bonds is 3. The molecule has 0 aliphatic carbocycles. The molecule has 0 unspecified atom stereocenters. The predicted molar refractivity (Wildman–Crippen MR) is 107 cm³/mol. The van der Waals surface area contributed by atoms with Gasteiger partial charge in [0.25, 0.3) is 0 Å². The van der Waals surface area contributed by atoms with E-state index < -0.39 is 15.8 Å². The van der Waals surface area contributed by atoms with Crippen molar-refractivity contribution in [3.05, 3.63) is 58.8 Å². The topological polar surface area (TPSA) is 52.7 Å². The number of hydrogen-bond acceptors (Lipinski definition) is 3. The number of benzene rings is 2. The van der Waals surface area contributed by atoms with Crippen LogP contribution in [-0.2, 0) is 10.0 Å². The summed E-state index contributed by atoms with van der Waals surface area (Å²) in [4.78, 5) is 2.04. The minimum atomic E-state index is -3.62. The summed E-state index contributed by atoms with van der Waals surface area (Å²) in [5, 5.41) is 3.72. The van der Waals surface area contributed by atoms with Crippen LogP contribution in [0.15, 0.2) is 57.9 Å². The molecule has 26 heavy (non-hydrogen) atoms. The Balaban J connectivity index is 1.60. The molecule has 2 aromatic rings. The maximum atomic E-state index is 13.0. The van der Waals surface area contributed by atoms with Gasteiger partial charge in [0, 0.05) is 36.3 Å². The third-order valence-electron chi connectivity index (χ3n) is 4.07. The highest BCUT2D eigenvalue weighted by atomic mass is 79.9. The first kappa shape index (κ1) is 19.2. The van der Waals surface area contributed by atoms with Gasteiger partial charge in [0.15, 0.2) is 5.11 Å². The molecule has 0 spiro atoms. The highest BCUT2D eigenvalue weighted by molar-refractivity contribution is 9.10. The monoisotopic (exact) mass is 457 g/mol. The average molecular weight is 458 g/mol. The molecular weight excluding hydrogens is 441 g/mol. The lowest BCUT2D eigenvalue weighted by Crippen LogP contribution is -2.51. The van der Waals surface area contributed by atoms with Gasteiger partial charge in [0.05, 0.1) is 4.90 Å². The molecule has 0 bridgehead atoms. The Morgan fingerprint density at radius 1 is 1.00 bits per heavy atom. The van der Waals surface area contributed by atoms with Crippen molar-refractivity contribution in [2.24, 2.45) is 0 Å². The summed E-state index contributed by atoms with van der Waals surface area (Å²) >= 11 is 8.80. The Bertz CT molecular complexity index is 881. The second-order valence-corrected chi connectivity index (χ2v) is 9.02. The molecule has 0 atom stereocenters. The fourth-order valence-corrected chi connectivity index (χ4v) is 4.61. The average Bonchev–Trinajstić information content (AvgIpc) is 2.64. The molecule has 2 aromatic carbocycles. The van der Waals surface area contributed by atoms with Gasteiger partial charge in [-0.1, -0.05) is 15.9 Å². The number of sulfonamides is 1. The molecule has 0 amide bonds. The first-order valence-electron chi connectivity index (χ1n) is 7.93. The molecule has 3 rings (SSSR count). The van der Waals surface area contributed by atoms with Crippen LogP contribution in [0.4, 0.5) is 10.1 Å². The van der Waals surface area contributed by atoms with Gasteiger partial charge in [-0.15, -0.1) is 0 Å². The first-order valence-corrected chi connectivity index (χ1v) is 10.6. The molecule has 0 aromatic heterocycles. The highest BCUT2D eigenvalue weighted by Crippen LogP contribution is 2.19. The first-order chi connectivity index (χ1) is 12.4. The molecular formula is C17H17BrFN3O2S2. The SMILES string of the molecule is O=S(=O)(c1ccc(F)cc1)N1CCN(C(=S)Nc2ccc(Br)cc2)CC1. The van der Waals surface area contributed by atoms with Crippen LogP contribution in [0.2, 0.25) is 0 Å². The minimum absolute atomic E-state index is 0.0999. The van der Waals surface area contributed by atoms with Crippen molar-refractivity contribution in [2.45, 2.75) is 4.90 Å². The third-order valence-corrected chi connectivity index (χ3v) is 6.87. The number of anilines is 1. The van der Waals surface area contributed by atoms with Gasteiger partial charge in [-0.25, -0.2) is 12.8 Å².